The third kappa shape index (κ3) is 5.14. The molecule has 0 saturated carbocycles. The van der Waals surface area contributed by atoms with E-state index in [0.717, 1.165) is 0 Å². The smallest absolute Gasteiger partial charge is 0.334 e. The lowest BCUT2D eigenvalue weighted by Gasteiger charge is -2.00. The molecule has 0 N–H and O–H groups in total. The molecule has 0 spiro atoms. The first-order valence-electron chi connectivity index (χ1n) is 4.74. The first kappa shape index (κ1) is 14.2. The standard InChI is InChI=1S/C12H16O4/c1-5-8-16-12(14)10(3)7-6-9(2)11(13)15-4/h5-7H,1,8H2,2-4H3/b9-6+,10-7+. The number of hydrogen-bond acceptors (Lipinski definition) is 4. The van der Waals surface area contributed by atoms with Crippen molar-refractivity contribution < 1.29 is 19.1 Å². The molecule has 0 amide bonds. The fourth-order valence-corrected chi connectivity index (χ4v) is 0.796. The van der Waals surface area contributed by atoms with E-state index in [2.05, 4.69) is 11.3 Å². The van der Waals surface area contributed by atoms with Crippen molar-refractivity contribution in [3.8, 4) is 0 Å². The van der Waals surface area contributed by atoms with Crippen molar-refractivity contribution >= 4 is 11.9 Å². The Hall–Kier alpha value is -1.84. The van der Waals surface area contributed by atoms with Gasteiger partial charge >= 0.3 is 11.9 Å². The summed E-state index contributed by atoms with van der Waals surface area (Å²) in [4.78, 5) is 22.3. The second-order valence-electron chi connectivity index (χ2n) is 3.08. The van der Waals surface area contributed by atoms with E-state index in [4.69, 9.17) is 4.74 Å². The number of carbonyl (C=O) groups is 2. The van der Waals surface area contributed by atoms with Crippen molar-refractivity contribution in [1.82, 2.24) is 0 Å². The third-order valence-corrected chi connectivity index (χ3v) is 1.74. The van der Waals surface area contributed by atoms with Crippen LogP contribution in [0, 0.1) is 0 Å². The molecule has 0 aliphatic rings. The highest BCUT2D eigenvalue weighted by Gasteiger charge is 2.04. The van der Waals surface area contributed by atoms with Crippen LogP contribution in [-0.2, 0) is 19.1 Å². The summed E-state index contributed by atoms with van der Waals surface area (Å²) >= 11 is 0. The van der Waals surface area contributed by atoms with Crippen molar-refractivity contribution in [3.63, 3.8) is 0 Å². The van der Waals surface area contributed by atoms with Gasteiger partial charge in [-0.05, 0) is 13.8 Å². The zero-order valence-electron chi connectivity index (χ0n) is 9.78. The maximum atomic E-state index is 11.3. The molecule has 0 heterocycles. The van der Waals surface area contributed by atoms with Crippen LogP contribution in [-0.4, -0.2) is 25.7 Å². The highest BCUT2D eigenvalue weighted by atomic mass is 16.5. The van der Waals surface area contributed by atoms with E-state index in [1.54, 1.807) is 13.8 Å². The van der Waals surface area contributed by atoms with Crippen LogP contribution in [0.4, 0.5) is 0 Å². The maximum Gasteiger partial charge on any atom is 0.334 e. The molecule has 0 aliphatic heterocycles. The number of hydrogen-bond donors (Lipinski definition) is 0. The minimum absolute atomic E-state index is 0.170. The molecule has 4 nitrogen and oxygen atoms in total. The SMILES string of the molecule is C=CCOC(=O)/C(C)=C/C=C(\C)C(=O)OC. The largest absolute Gasteiger partial charge is 0.466 e. The quantitative estimate of drug-likeness (QED) is 0.309. The summed E-state index contributed by atoms with van der Waals surface area (Å²) in [6.45, 7) is 6.81. The van der Waals surface area contributed by atoms with Gasteiger partial charge in [0, 0.05) is 11.1 Å². The molecule has 0 aromatic heterocycles. The first-order chi connectivity index (χ1) is 7.52. The van der Waals surface area contributed by atoms with Gasteiger partial charge in [0.05, 0.1) is 7.11 Å². The van der Waals surface area contributed by atoms with E-state index in [1.165, 1.54) is 25.3 Å². The fourth-order valence-electron chi connectivity index (χ4n) is 0.796. The van der Waals surface area contributed by atoms with Gasteiger partial charge in [-0.15, -0.1) is 0 Å². The van der Waals surface area contributed by atoms with Crippen molar-refractivity contribution in [2.75, 3.05) is 13.7 Å². The summed E-state index contributed by atoms with van der Waals surface area (Å²) in [7, 11) is 1.30. The van der Waals surface area contributed by atoms with Crippen LogP contribution in [0.1, 0.15) is 13.8 Å². The predicted octanol–water partition coefficient (Wildman–Crippen LogP) is 1.78. The zero-order valence-corrected chi connectivity index (χ0v) is 9.78. The average Bonchev–Trinajstić information content (AvgIpc) is 2.31. The minimum Gasteiger partial charge on any atom is -0.466 e. The number of carbonyl (C=O) groups excluding carboxylic acids is 2. The second-order valence-corrected chi connectivity index (χ2v) is 3.08. The minimum atomic E-state index is -0.436. The number of rotatable bonds is 5. The predicted molar refractivity (Wildman–Crippen MR) is 60.7 cm³/mol. The van der Waals surface area contributed by atoms with E-state index >= 15 is 0 Å². The van der Waals surface area contributed by atoms with Gasteiger partial charge in [0.25, 0.3) is 0 Å². The molecule has 16 heavy (non-hydrogen) atoms. The molecule has 4 heteroatoms. The zero-order chi connectivity index (χ0) is 12.6. The lowest BCUT2D eigenvalue weighted by Crippen LogP contribution is -2.05. The van der Waals surface area contributed by atoms with Gasteiger partial charge in [-0.2, -0.15) is 0 Å². The van der Waals surface area contributed by atoms with Gasteiger partial charge < -0.3 is 9.47 Å². The van der Waals surface area contributed by atoms with E-state index in [-0.39, 0.29) is 6.61 Å². The van der Waals surface area contributed by atoms with Gasteiger partial charge in [-0.1, -0.05) is 24.8 Å². The monoisotopic (exact) mass is 224 g/mol. The van der Waals surface area contributed by atoms with Crippen LogP contribution < -0.4 is 0 Å². The normalized spacial score (nSPS) is 11.9. The number of methoxy groups -OCH3 is 1. The second kappa shape index (κ2) is 7.45. The molecule has 0 unspecified atom stereocenters. The number of ether oxygens (including phenoxy) is 2. The molecule has 0 fully saturated rings. The molecule has 0 aliphatic carbocycles. The van der Waals surface area contributed by atoms with E-state index in [9.17, 15) is 9.59 Å². The molecular weight excluding hydrogens is 208 g/mol. The summed E-state index contributed by atoms with van der Waals surface area (Å²) < 4.78 is 9.31. The topological polar surface area (TPSA) is 52.6 Å². The fraction of sp³-hybridized carbons (Fsp3) is 0.333. The van der Waals surface area contributed by atoms with Gasteiger partial charge in [-0.3, -0.25) is 0 Å². The van der Waals surface area contributed by atoms with Gasteiger partial charge in [0.15, 0.2) is 0 Å². The van der Waals surface area contributed by atoms with Crippen molar-refractivity contribution in [3.05, 3.63) is 36.0 Å². The molecule has 0 aromatic rings. The molecule has 0 bridgehead atoms. The molecule has 0 saturated heterocycles. The summed E-state index contributed by atoms with van der Waals surface area (Å²) in [5.41, 5.74) is 0.823. The van der Waals surface area contributed by atoms with E-state index in [1.807, 2.05) is 0 Å². The molecular formula is C12H16O4. The lowest BCUT2D eigenvalue weighted by atomic mass is 10.2. The van der Waals surface area contributed by atoms with Crippen molar-refractivity contribution in [2.45, 2.75) is 13.8 Å². The molecule has 0 radical (unpaired) electrons. The van der Waals surface area contributed by atoms with Crippen LogP contribution in [0.25, 0.3) is 0 Å². The highest BCUT2D eigenvalue weighted by Crippen LogP contribution is 2.01. The molecule has 0 aromatic carbocycles. The van der Waals surface area contributed by atoms with E-state index in [0.29, 0.717) is 11.1 Å². The third-order valence-electron chi connectivity index (χ3n) is 1.74. The number of esters is 2. The summed E-state index contributed by atoms with van der Waals surface area (Å²) in [6.07, 6.45) is 4.51. The van der Waals surface area contributed by atoms with Gasteiger partial charge in [0.2, 0.25) is 0 Å². The Morgan fingerprint density at radius 2 is 1.62 bits per heavy atom. The Labute approximate surface area is 95.2 Å². The van der Waals surface area contributed by atoms with Crippen molar-refractivity contribution in [2.24, 2.45) is 0 Å². The summed E-state index contributed by atoms with van der Waals surface area (Å²) in [6, 6.07) is 0. The van der Waals surface area contributed by atoms with E-state index < -0.39 is 11.9 Å². The molecule has 88 valence electrons. The maximum absolute atomic E-state index is 11.3. The Bertz CT molecular complexity index is 337. The van der Waals surface area contributed by atoms with Crippen LogP contribution in [0.15, 0.2) is 36.0 Å². The van der Waals surface area contributed by atoms with Crippen molar-refractivity contribution in [1.29, 1.82) is 0 Å². The number of allylic oxidation sites excluding steroid dienone is 2. The van der Waals surface area contributed by atoms with Crippen LogP contribution >= 0.6 is 0 Å². The summed E-state index contributed by atoms with van der Waals surface area (Å²) in [5, 5.41) is 0. The average molecular weight is 224 g/mol. The lowest BCUT2D eigenvalue weighted by molar-refractivity contribution is -0.138. The molecule has 0 atom stereocenters. The van der Waals surface area contributed by atoms with Crippen LogP contribution in [0.5, 0.6) is 0 Å². The first-order valence-corrected chi connectivity index (χ1v) is 4.74. The highest BCUT2D eigenvalue weighted by molar-refractivity contribution is 5.90. The molecule has 0 rings (SSSR count). The Balaban J connectivity index is 4.48. The van der Waals surface area contributed by atoms with Crippen LogP contribution in [0.3, 0.4) is 0 Å². The summed E-state index contributed by atoms with van der Waals surface area (Å²) in [5.74, 6) is -0.864. The van der Waals surface area contributed by atoms with Gasteiger partial charge in [0.1, 0.15) is 6.61 Å². The Morgan fingerprint density at radius 3 is 2.06 bits per heavy atom. The Kier molecular flexibility index (Phi) is 6.59. The van der Waals surface area contributed by atoms with Crippen LogP contribution in [0.2, 0.25) is 0 Å². The Morgan fingerprint density at radius 1 is 1.12 bits per heavy atom. The van der Waals surface area contributed by atoms with Gasteiger partial charge in [-0.25, -0.2) is 9.59 Å².